The highest BCUT2D eigenvalue weighted by molar-refractivity contribution is 6.08. The van der Waals surface area contributed by atoms with Crippen LogP contribution in [0.25, 0.3) is 94.0 Å². The van der Waals surface area contributed by atoms with Crippen molar-refractivity contribution in [2.24, 2.45) is 0 Å². The van der Waals surface area contributed by atoms with Gasteiger partial charge in [0, 0.05) is 5.41 Å². The molecule has 1 aliphatic rings. The molecule has 0 amide bonds. The monoisotopic (exact) mass is 613 g/mol. The second kappa shape index (κ2) is 8.20. The molecule has 224 valence electrons. The first-order chi connectivity index (χ1) is 23.5. The Morgan fingerprint density at radius 2 is 0.958 bits per heavy atom. The Bertz CT molecular complexity index is 3050. The summed E-state index contributed by atoms with van der Waals surface area (Å²) in [6.45, 7) is 4.68. The van der Waals surface area contributed by atoms with E-state index in [1.54, 1.807) is 0 Å². The normalized spacial score (nSPS) is 14.2. The van der Waals surface area contributed by atoms with E-state index in [-0.39, 0.29) is 5.41 Å². The maximum atomic E-state index is 5.29. The molecule has 4 aromatic heterocycles. The highest BCUT2D eigenvalue weighted by Crippen LogP contribution is 2.50. The number of imidazole rings is 4. The van der Waals surface area contributed by atoms with Crippen LogP contribution in [0, 0.1) is 0 Å². The second-order valence-electron chi connectivity index (χ2n) is 14.0. The van der Waals surface area contributed by atoms with Crippen molar-refractivity contribution in [3.05, 3.63) is 139 Å². The van der Waals surface area contributed by atoms with Crippen molar-refractivity contribution in [3.63, 3.8) is 0 Å². The summed E-state index contributed by atoms with van der Waals surface area (Å²) in [7, 11) is 0. The molecule has 5 heteroatoms. The number of hydrogen-bond acceptors (Lipinski definition) is 2. The van der Waals surface area contributed by atoms with Crippen LogP contribution in [-0.4, -0.2) is 23.2 Å². The Kier molecular flexibility index (Phi) is 4.26. The van der Waals surface area contributed by atoms with Gasteiger partial charge in [-0.1, -0.05) is 98.8 Å². The lowest BCUT2D eigenvalue weighted by Crippen LogP contribution is -2.14. The first kappa shape index (κ1) is 25.0. The van der Waals surface area contributed by atoms with Gasteiger partial charge in [0.25, 0.3) is 0 Å². The summed E-state index contributed by atoms with van der Waals surface area (Å²) >= 11 is 0. The SMILES string of the molecule is CC1(C)c2ccccc2-c2cc(-c3cc4c5c(c3)n3c6cc7ccccc7cc6nc3n5c3nc5cc6ccccc6cc5n43)ccc21. The summed E-state index contributed by atoms with van der Waals surface area (Å²) in [6, 6.07) is 46.7. The first-order valence-electron chi connectivity index (χ1n) is 16.6. The summed E-state index contributed by atoms with van der Waals surface area (Å²) in [6.07, 6.45) is 0. The summed E-state index contributed by atoms with van der Waals surface area (Å²) in [5.74, 6) is 1.77. The van der Waals surface area contributed by atoms with Crippen molar-refractivity contribution in [1.29, 1.82) is 0 Å². The number of hydrogen-bond donors (Lipinski definition) is 0. The molecule has 0 aliphatic heterocycles. The zero-order valence-corrected chi connectivity index (χ0v) is 26.4. The van der Waals surface area contributed by atoms with Crippen LogP contribution in [0.2, 0.25) is 0 Å². The van der Waals surface area contributed by atoms with E-state index >= 15 is 0 Å². The molecule has 48 heavy (non-hydrogen) atoms. The van der Waals surface area contributed by atoms with E-state index < -0.39 is 0 Å². The summed E-state index contributed by atoms with van der Waals surface area (Å²) < 4.78 is 6.95. The number of aromatic nitrogens is 5. The fraction of sp³-hybridized carbons (Fsp3) is 0.0698. The minimum absolute atomic E-state index is 0.0300. The molecular formula is C43H27N5. The summed E-state index contributed by atoms with van der Waals surface area (Å²) in [5.41, 5.74) is 15.4. The molecule has 7 aromatic carbocycles. The van der Waals surface area contributed by atoms with Crippen LogP contribution in [0.5, 0.6) is 0 Å². The Labute approximate surface area is 274 Å². The van der Waals surface area contributed by atoms with E-state index in [0.29, 0.717) is 0 Å². The topological polar surface area (TPSA) is 39.0 Å². The van der Waals surface area contributed by atoms with Gasteiger partial charge in [0.15, 0.2) is 0 Å². The van der Waals surface area contributed by atoms with Crippen LogP contribution in [0.15, 0.2) is 127 Å². The van der Waals surface area contributed by atoms with Gasteiger partial charge < -0.3 is 0 Å². The summed E-state index contributed by atoms with van der Waals surface area (Å²) in [4.78, 5) is 10.6. The fourth-order valence-corrected chi connectivity index (χ4v) is 8.81. The van der Waals surface area contributed by atoms with E-state index in [1.165, 1.54) is 54.9 Å². The van der Waals surface area contributed by atoms with E-state index in [9.17, 15) is 0 Å². The zero-order valence-electron chi connectivity index (χ0n) is 26.4. The molecule has 0 unspecified atom stereocenters. The van der Waals surface area contributed by atoms with Crippen molar-refractivity contribution in [3.8, 4) is 22.3 Å². The molecule has 0 saturated heterocycles. The van der Waals surface area contributed by atoms with Crippen molar-refractivity contribution in [2.75, 3.05) is 0 Å². The number of benzene rings is 7. The van der Waals surface area contributed by atoms with E-state index in [2.05, 4.69) is 154 Å². The maximum Gasteiger partial charge on any atom is 0.223 e. The van der Waals surface area contributed by atoms with Crippen molar-refractivity contribution >= 4 is 71.7 Å². The van der Waals surface area contributed by atoms with Crippen LogP contribution in [0.3, 0.4) is 0 Å². The first-order valence-corrected chi connectivity index (χ1v) is 16.6. The van der Waals surface area contributed by atoms with Crippen molar-refractivity contribution < 1.29 is 0 Å². The molecule has 1 aliphatic carbocycles. The van der Waals surface area contributed by atoms with Crippen LogP contribution >= 0.6 is 0 Å². The standard InChI is InChI=1S/C43H27N5/c1-43(2)32-14-8-7-13-30(32)31-17-28(15-16-33(31)43)29-22-38-40-39(23-29)47-37-21-27-12-6-4-10-25(27)19-35(37)45-42(47)48(40)41-44-34-18-24-9-3-5-11-26(24)20-36(34)46(38)41/h3-23H,1-2H3. The third-order valence-corrected chi connectivity index (χ3v) is 11.1. The van der Waals surface area contributed by atoms with Gasteiger partial charge in [-0.25, -0.2) is 14.4 Å². The quantitative estimate of drug-likeness (QED) is 0.185. The van der Waals surface area contributed by atoms with Crippen LogP contribution in [0.1, 0.15) is 25.0 Å². The molecule has 4 heterocycles. The van der Waals surface area contributed by atoms with Gasteiger partial charge in [-0.2, -0.15) is 0 Å². The highest BCUT2D eigenvalue weighted by atomic mass is 15.3. The van der Waals surface area contributed by atoms with Crippen LogP contribution in [0.4, 0.5) is 0 Å². The van der Waals surface area contributed by atoms with Gasteiger partial charge in [-0.15, -0.1) is 0 Å². The summed E-state index contributed by atoms with van der Waals surface area (Å²) in [5, 5.41) is 4.80. The van der Waals surface area contributed by atoms with Gasteiger partial charge in [-0.05, 0) is 97.4 Å². The molecule has 0 bridgehead atoms. The van der Waals surface area contributed by atoms with Gasteiger partial charge in [0.1, 0.15) is 5.52 Å². The Balaban J connectivity index is 1.24. The molecule has 0 atom stereocenters. The Morgan fingerprint density at radius 3 is 1.56 bits per heavy atom. The maximum absolute atomic E-state index is 5.29. The highest BCUT2D eigenvalue weighted by Gasteiger charge is 2.35. The average molecular weight is 614 g/mol. The van der Waals surface area contributed by atoms with E-state index in [1.807, 2.05) is 0 Å². The molecule has 0 radical (unpaired) electrons. The van der Waals surface area contributed by atoms with Crippen LogP contribution < -0.4 is 0 Å². The predicted molar refractivity (Wildman–Crippen MR) is 197 cm³/mol. The lowest BCUT2D eigenvalue weighted by molar-refractivity contribution is 0.660. The van der Waals surface area contributed by atoms with Crippen molar-refractivity contribution in [2.45, 2.75) is 19.3 Å². The largest absolute Gasteiger partial charge is 0.276 e. The molecule has 11 aromatic rings. The Morgan fingerprint density at radius 1 is 0.438 bits per heavy atom. The van der Waals surface area contributed by atoms with Gasteiger partial charge in [0.05, 0.1) is 33.1 Å². The van der Waals surface area contributed by atoms with Gasteiger partial charge in [-0.3, -0.25) is 8.80 Å². The third kappa shape index (κ3) is 2.90. The van der Waals surface area contributed by atoms with Gasteiger partial charge in [0.2, 0.25) is 11.6 Å². The number of rotatable bonds is 1. The molecule has 12 rings (SSSR count). The van der Waals surface area contributed by atoms with Crippen LogP contribution in [-0.2, 0) is 5.41 Å². The smallest absolute Gasteiger partial charge is 0.223 e. The second-order valence-corrected chi connectivity index (χ2v) is 14.0. The fourth-order valence-electron chi connectivity index (χ4n) is 8.81. The zero-order chi connectivity index (χ0) is 31.5. The molecule has 5 nitrogen and oxygen atoms in total. The van der Waals surface area contributed by atoms with Gasteiger partial charge >= 0.3 is 0 Å². The Hall–Kier alpha value is -6.20. The average Bonchev–Trinajstić information content (AvgIpc) is 3.87. The third-order valence-electron chi connectivity index (χ3n) is 11.1. The molecule has 0 N–H and O–H groups in total. The molecular weight excluding hydrogens is 587 g/mol. The number of nitrogens with zero attached hydrogens (tertiary/aromatic N) is 5. The molecule has 0 saturated carbocycles. The lowest BCUT2D eigenvalue weighted by atomic mass is 9.82. The van der Waals surface area contributed by atoms with Crippen molar-refractivity contribution in [1.82, 2.24) is 23.2 Å². The number of fused-ring (bicyclic) bond motifs is 15. The minimum Gasteiger partial charge on any atom is -0.276 e. The minimum atomic E-state index is -0.0300. The predicted octanol–water partition coefficient (Wildman–Crippen LogP) is 10.4. The van der Waals surface area contributed by atoms with E-state index in [4.69, 9.17) is 9.97 Å². The van der Waals surface area contributed by atoms with E-state index in [0.717, 1.165) is 50.2 Å². The molecule has 0 fully saturated rings. The molecule has 0 spiro atoms. The lowest BCUT2D eigenvalue weighted by Gasteiger charge is -2.21.